The summed E-state index contributed by atoms with van der Waals surface area (Å²) in [4.78, 5) is 0. The van der Waals surface area contributed by atoms with E-state index in [1.807, 2.05) is 12.1 Å². The van der Waals surface area contributed by atoms with E-state index < -0.39 is 11.6 Å². The molecule has 0 amide bonds. The molecule has 0 saturated heterocycles. The molecule has 0 saturated carbocycles. The Morgan fingerprint density at radius 3 is 2.28 bits per heavy atom. The van der Waals surface area contributed by atoms with Gasteiger partial charge in [0, 0.05) is 5.56 Å². The molecule has 4 rings (SSSR count). The summed E-state index contributed by atoms with van der Waals surface area (Å²) in [5.74, 6) is -2.25. The van der Waals surface area contributed by atoms with Gasteiger partial charge < -0.3 is 0 Å². The van der Waals surface area contributed by atoms with Gasteiger partial charge in [-0.1, -0.05) is 61.9 Å². The fourth-order valence-electron chi connectivity index (χ4n) is 3.93. The third-order valence-electron chi connectivity index (χ3n) is 5.63. The first-order valence-corrected chi connectivity index (χ1v) is 10.1. The van der Waals surface area contributed by atoms with Crippen LogP contribution in [0, 0.1) is 17.5 Å². The molecule has 29 heavy (non-hydrogen) atoms. The molecule has 0 bridgehead atoms. The summed E-state index contributed by atoms with van der Waals surface area (Å²) in [6.07, 6.45) is 6.84. The summed E-state index contributed by atoms with van der Waals surface area (Å²) in [6.45, 7) is 2.19. The van der Waals surface area contributed by atoms with Crippen molar-refractivity contribution in [1.29, 1.82) is 0 Å². The van der Waals surface area contributed by atoms with Crippen LogP contribution >= 0.6 is 0 Å². The standard InChI is InChI=1S/C26H23F3/c1-2-3-4-17-5-7-18(8-6-17)19-9-12-22-20(15-19)10-13-23(26(22)29)21-11-14-24(27)25(28)16-21/h5-8,10-11,13-16H,2-4,9,12H2,1H3. The largest absolute Gasteiger partial charge is 0.206 e. The van der Waals surface area contributed by atoms with Crippen LogP contribution < -0.4 is 0 Å². The van der Waals surface area contributed by atoms with Crippen molar-refractivity contribution in [3.05, 3.63) is 94.3 Å². The molecule has 3 aromatic rings. The highest BCUT2D eigenvalue weighted by Gasteiger charge is 2.19. The van der Waals surface area contributed by atoms with Crippen LogP contribution in [-0.4, -0.2) is 0 Å². The zero-order valence-electron chi connectivity index (χ0n) is 16.4. The molecule has 0 fully saturated rings. The second kappa shape index (κ2) is 8.28. The predicted octanol–water partition coefficient (Wildman–Crippen LogP) is 7.60. The molecule has 0 aromatic heterocycles. The predicted molar refractivity (Wildman–Crippen MR) is 113 cm³/mol. The topological polar surface area (TPSA) is 0 Å². The van der Waals surface area contributed by atoms with Crippen molar-refractivity contribution in [2.75, 3.05) is 0 Å². The summed E-state index contributed by atoms with van der Waals surface area (Å²) in [6, 6.07) is 15.6. The highest BCUT2D eigenvalue weighted by molar-refractivity contribution is 5.85. The summed E-state index contributed by atoms with van der Waals surface area (Å²) < 4.78 is 41.9. The molecule has 0 aliphatic heterocycles. The molecule has 0 unspecified atom stereocenters. The second-order valence-electron chi connectivity index (χ2n) is 7.59. The van der Waals surface area contributed by atoms with Crippen LogP contribution in [0.2, 0.25) is 0 Å². The van der Waals surface area contributed by atoms with Gasteiger partial charge in [-0.25, -0.2) is 13.2 Å². The molecule has 0 radical (unpaired) electrons. The first-order chi connectivity index (χ1) is 14.1. The van der Waals surface area contributed by atoms with Crippen molar-refractivity contribution in [3.63, 3.8) is 0 Å². The van der Waals surface area contributed by atoms with Crippen LogP contribution in [0.5, 0.6) is 0 Å². The van der Waals surface area contributed by atoms with Gasteiger partial charge in [0.25, 0.3) is 0 Å². The van der Waals surface area contributed by atoms with Gasteiger partial charge >= 0.3 is 0 Å². The first-order valence-electron chi connectivity index (χ1n) is 10.1. The van der Waals surface area contributed by atoms with Crippen molar-refractivity contribution < 1.29 is 13.2 Å². The molecule has 0 spiro atoms. The van der Waals surface area contributed by atoms with Crippen LogP contribution in [-0.2, 0) is 12.8 Å². The maximum atomic E-state index is 15.1. The van der Waals surface area contributed by atoms with Crippen LogP contribution in [0.15, 0.2) is 54.6 Å². The average Bonchev–Trinajstić information content (AvgIpc) is 2.75. The van der Waals surface area contributed by atoms with Crippen molar-refractivity contribution in [2.45, 2.75) is 39.0 Å². The zero-order valence-corrected chi connectivity index (χ0v) is 16.4. The van der Waals surface area contributed by atoms with E-state index in [1.165, 1.54) is 35.6 Å². The molecule has 0 N–H and O–H groups in total. The van der Waals surface area contributed by atoms with Gasteiger partial charge in [-0.15, -0.1) is 0 Å². The summed E-state index contributed by atoms with van der Waals surface area (Å²) in [5.41, 5.74) is 5.84. The number of hydrogen-bond donors (Lipinski definition) is 0. The monoisotopic (exact) mass is 392 g/mol. The van der Waals surface area contributed by atoms with E-state index in [1.54, 1.807) is 6.07 Å². The molecular weight excluding hydrogens is 369 g/mol. The van der Waals surface area contributed by atoms with Gasteiger partial charge in [-0.3, -0.25) is 0 Å². The second-order valence-corrected chi connectivity index (χ2v) is 7.59. The number of benzene rings is 3. The molecule has 1 aliphatic carbocycles. The normalized spacial score (nSPS) is 13.2. The molecule has 0 heterocycles. The molecule has 0 atom stereocenters. The Kier molecular flexibility index (Phi) is 5.57. The lowest BCUT2D eigenvalue weighted by atomic mass is 9.86. The number of rotatable bonds is 5. The first kappa shape index (κ1) is 19.5. The number of fused-ring (bicyclic) bond motifs is 1. The van der Waals surface area contributed by atoms with Gasteiger partial charge in [0.05, 0.1) is 0 Å². The van der Waals surface area contributed by atoms with Crippen LogP contribution in [0.3, 0.4) is 0 Å². The molecule has 0 nitrogen and oxygen atoms in total. The van der Waals surface area contributed by atoms with Gasteiger partial charge in [0.1, 0.15) is 5.82 Å². The Morgan fingerprint density at radius 2 is 1.55 bits per heavy atom. The number of hydrogen-bond acceptors (Lipinski definition) is 0. The highest BCUT2D eigenvalue weighted by atomic mass is 19.2. The fraction of sp³-hybridized carbons (Fsp3) is 0.231. The number of unbranched alkanes of at least 4 members (excludes halogenated alkanes) is 1. The summed E-state index contributed by atoms with van der Waals surface area (Å²) in [7, 11) is 0. The highest BCUT2D eigenvalue weighted by Crippen LogP contribution is 2.36. The summed E-state index contributed by atoms with van der Waals surface area (Å²) in [5, 5.41) is 0. The van der Waals surface area contributed by atoms with Crippen LogP contribution in [0.4, 0.5) is 13.2 Å². The lowest BCUT2D eigenvalue weighted by molar-refractivity contribution is 0.509. The van der Waals surface area contributed by atoms with Gasteiger partial charge in [-0.05, 0) is 71.2 Å². The Hall–Kier alpha value is -2.81. The van der Waals surface area contributed by atoms with E-state index >= 15 is 4.39 Å². The summed E-state index contributed by atoms with van der Waals surface area (Å²) >= 11 is 0. The zero-order chi connectivity index (χ0) is 20.4. The Labute approximate surface area is 169 Å². The van der Waals surface area contributed by atoms with E-state index in [-0.39, 0.29) is 5.82 Å². The minimum atomic E-state index is -0.968. The number of aryl methyl sites for hydroxylation is 1. The van der Waals surface area contributed by atoms with Crippen molar-refractivity contribution in [2.24, 2.45) is 0 Å². The van der Waals surface area contributed by atoms with Crippen LogP contribution in [0.1, 0.15) is 48.4 Å². The maximum absolute atomic E-state index is 15.1. The minimum Gasteiger partial charge on any atom is -0.206 e. The quantitative estimate of drug-likeness (QED) is 0.419. The fourth-order valence-corrected chi connectivity index (χ4v) is 3.93. The number of allylic oxidation sites excluding steroid dienone is 1. The SMILES string of the molecule is CCCCc1ccc(C2=Cc3ccc(-c4ccc(F)c(F)c4)c(F)c3CC2)cc1. The van der Waals surface area contributed by atoms with Crippen molar-refractivity contribution >= 4 is 11.6 Å². The molecule has 148 valence electrons. The average molecular weight is 392 g/mol. The third kappa shape index (κ3) is 4.00. The lowest BCUT2D eigenvalue weighted by Gasteiger charge is -2.19. The molecule has 1 aliphatic rings. The van der Waals surface area contributed by atoms with Gasteiger partial charge in [-0.2, -0.15) is 0 Å². The third-order valence-corrected chi connectivity index (χ3v) is 5.63. The maximum Gasteiger partial charge on any atom is 0.159 e. The molecule has 3 aromatic carbocycles. The Morgan fingerprint density at radius 1 is 0.793 bits per heavy atom. The van der Waals surface area contributed by atoms with E-state index in [0.717, 1.165) is 30.5 Å². The van der Waals surface area contributed by atoms with Crippen molar-refractivity contribution in [3.8, 4) is 11.1 Å². The Balaban J connectivity index is 1.63. The van der Waals surface area contributed by atoms with E-state index in [9.17, 15) is 8.78 Å². The van der Waals surface area contributed by atoms with Crippen molar-refractivity contribution in [1.82, 2.24) is 0 Å². The smallest absolute Gasteiger partial charge is 0.159 e. The lowest BCUT2D eigenvalue weighted by Crippen LogP contribution is -2.04. The van der Waals surface area contributed by atoms with E-state index in [4.69, 9.17) is 0 Å². The van der Waals surface area contributed by atoms with Gasteiger partial charge in [0.2, 0.25) is 0 Å². The van der Waals surface area contributed by atoms with Crippen LogP contribution in [0.25, 0.3) is 22.8 Å². The Bertz CT molecular complexity index is 1060. The minimum absolute atomic E-state index is 0.305. The van der Waals surface area contributed by atoms with E-state index in [0.29, 0.717) is 23.1 Å². The van der Waals surface area contributed by atoms with E-state index in [2.05, 4.69) is 31.2 Å². The molecule has 3 heteroatoms. The van der Waals surface area contributed by atoms with Gasteiger partial charge in [0.15, 0.2) is 11.6 Å². The molecular formula is C26H23F3. The number of halogens is 3.